The summed E-state index contributed by atoms with van der Waals surface area (Å²) in [5.74, 6) is 2.45. The number of hydrogen-bond acceptors (Lipinski definition) is 11. The maximum absolute atomic E-state index is 10.7. The molecule has 0 amide bonds. The second kappa shape index (κ2) is 10.9. The van der Waals surface area contributed by atoms with Crippen LogP contribution in [0.1, 0.15) is 4.88 Å². The molecule has 0 bridgehead atoms. The Balaban J connectivity index is 1.39. The molecule has 3 aromatic heterocycles. The van der Waals surface area contributed by atoms with Crippen LogP contribution in [0.5, 0.6) is 0 Å². The van der Waals surface area contributed by atoms with Crippen LogP contribution in [0, 0.1) is 0 Å². The summed E-state index contributed by atoms with van der Waals surface area (Å²) in [4.78, 5) is 34.2. The van der Waals surface area contributed by atoms with Crippen LogP contribution in [-0.2, 0) is 16.1 Å². The Morgan fingerprint density at radius 2 is 1.91 bits per heavy atom. The lowest BCUT2D eigenvalue weighted by atomic mass is 10.2. The molecule has 186 valence electrons. The third-order valence-corrected chi connectivity index (χ3v) is 7.47. The van der Waals surface area contributed by atoms with E-state index in [1.165, 1.54) is 4.88 Å². The number of thiophene rings is 1. The van der Waals surface area contributed by atoms with Gasteiger partial charge >= 0.3 is 0 Å². The number of pyridine rings is 1. The van der Waals surface area contributed by atoms with Gasteiger partial charge in [-0.2, -0.15) is 0 Å². The summed E-state index contributed by atoms with van der Waals surface area (Å²) in [5, 5.41) is 13.7. The Morgan fingerprint density at radius 1 is 1.14 bits per heavy atom. The van der Waals surface area contributed by atoms with Gasteiger partial charge < -0.3 is 24.9 Å². The summed E-state index contributed by atoms with van der Waals surface area (Å²) >= 11 is 1.72. The lowest BCUT2D eigenvalue weighted by Crippen LogP contribution is -2.48. The van der Waals surface area contributed by atoms with E-state index < -0.39 is 6.10 Å². The van der Waals surface area contributed by atoms with Crippen LogP contribution in [0.15, 0.2) is 24.4 Å². The van der Waals surface area contributed by atoms with Crippen LogP contribution in [0.4, 0.5) is 11.6 Å². The normalized spacial score (nSPS) is 18.6. The number of piperazine rings is 1. The highest BCUT2D eigenvalue weighted by Crippen LogP contribution is 2.34. The number of nitrogens with one attached hydrogen (secondary N) is 1. The minimum absolute atomic E-state index is 0.408. The number of nitrogens with zero attached hydrogens (tertiary/aromatic N) is 6. The molecule has 11 heteroatoms. The van der Waals surface area contributed by atoms with Gasteiger partial charge in [-0.25, -0.2) is 15.0 Å². The van der Waals surface area contributed by atoms with Crippen LogP contribution < -0.4 is 10.2 Å². The maximum atomic E-state index is 10.7. The lowest BCUT2D eigenvalue weighted by Gasteiger charge is -2.34. The van der Waals surface area contributed by atoms with Crippen LogP contribution in [0.2, 0.25) is 0 Å². The molecule has 10 nitrogen and oxygen atoms in total. The van der Waals surface area contributed by atoms with Crippen molar-refractivity contribution in [3.05, 3.63) is 29.3 Å². The minimum Gasteiger partial charge on any atom is -0.384 e. The molecule has 2 saturated heterocycles. The number of aliphatic hydroxyl groups is 1. The topological polar surface area (TPSA) is 107 Å². The predicted molar refractivity (Wildman–Crippen MR) is 137 cm³/mol. The highest BCUT2D eigenvalue weighted by atomic mass is 32.1. The first-order valence-corrected chi connectivity index (χ1v) is 12.8. The molecule has 2 fully saturated rings. The first kappa shape index (κ1) is 24.0. The Morgan fingerprint density at radius 3 is 2.60 bits per heavy atom. The number of aliphatic hydroxyl groups excluding tert-OH is 1. The van der Waals surface area contributed by atoms with E-state index in [4.69, 9.17) is 14.7 Å². The monoisotopic (exact) mass is 497 g/mol. The van der Waals surface area contributed by atoms with Gasteiger partial charge in [0.1, 0.15) is 28.9 Å². The van der Waals surface area contributed by atoms with E-state index in [-0.39, 0.29) is 0 Å². The molecule has 2 aliphatic heterocycles. The number of carbonyl (C=O) groups excluding carboxylic acids is 1. The minimum atomic E-state index is -0.903. The van der Waals surface area contributed by atoms with Crippen LogP contribution in [0.25, 0.3) is 21.6 Å². The van der Waals surface area contributed by atoms with Crippen molar-refractivity contribution in [3.8, 4) is 11.4 Å². The summed E-state index contributed by atoms with van der Waals surface area (Å²) in [6.07, 6.45) is 1.52. The summed E-state index contributed by atoms with van der Waals surface area (Å²) in [5.41, 5.74) is 0.893. The predicted octanol–water partition coefficient (Wildman–Crippen LogP) is 1.31. The van der Waals surface area contributed by atoms with Crippen molar-refractivity contribution in [1.82, 2.24) is 24.8 Å². The molecule has 0 saturated carbocycles. The molecule has 0 unspecified atom stereocenters. The van der Waals surface area contributed by atoms with E-state index in [1.54, 1.807) is 11.3 Å². The molecule has 1 atom stereocenters. The number of anilines is 2. The van der Waals surface area contributed by atoms with E-state index in [0.717, 1.165) is 73.2 Å². The fourth-order valence-electron chi connectivity index (χ4n) is 4.51. The van der Waals surface area contributed by atoms with Crippen LogP contribution >= 0.6 is 11.3 Å². The standard InChI is InChI=1S/C24H31N7O3S/c1-25-21-3-2-17(13-26-21)22-27-23(31-8-10-34-11-9-31)20-12-19(35-24(20)28-22)15-30-6-4-29(5-7-30)14-18(33)16-32/h2-3,12-13,16,18,33H,4-11,14-15H2,1H3,(H,25,26)/t18-/m0/s1. The molecule has 0 radical (unpaired) electrons. The fraction of sp³-hybridized carbons (Fsp3) is 0.500. The molecule has 5 heterocycles. The zero-order chi connectivity index (χ0) is 24.2. The molecule has 3 aromatic rings. The molecular weight excluding hydrogens is 466 g/mol. The third kappa shape index (κ3) is 5.60. The van der Waals surface area contributed by atoms with Gasteiger partial charge in [-0.3, -0.25) is 9.80 Å². The van der Waals surface area contributed by atoms with Gasteiger partial charge in [0.15, 0.2) is 5.82 Å². The Labute approximate surface area is 208 Å². The maximum Gasteiger partial charge on any atom is 0.164 e. The van der Waals surface area contributed by atoms with Gasteiger partial charge in [0.25, 0.3) is 0 Å². The number of carbonyl (C=O) groups is 1. The lowest BCUT2D eigenvalue weighted by molar-refractivity contribution is -0.115. The van der Waals surface area contributed by atoms with Crippen LogP contribution in [0.3, 0.4) is 0 Å². The molecule has 2 N–H and O–H groups in total. The Kier molecular flexibility index (Phi) is 7.49. The van der Waals surface area contributed by atoms with Crippen molar-refractivity contribution in [1.29, 1.82) is 0 Å². The number of rotatable bonds is 8. The van der Waals surface area contributed by atoms with Crippen molar-refractivity contribution < 1.29 is 14.6 Å². The Bertz CT molecular complexity index is 1140. The van der Waals surface area contributed by atoms with Crippen molar-refractivity contribution in [2.24, 2.45) is 0 Å². The zero-order valence-corrected chi connectivity index (χ0v) is 20.7. The van der Waals surface area contributed by atoms with Gasteiger partial charge in [0.2, 0.25) is 0 Å². The first-order valence-electron chi connectivity index (χ1n) is 12.0. The van der Waals surface area contributed by atoms with Gasteiger partial charge in [0, 0.05) is 76.0 Å². The number of hydrogen-bond donors (Lipinski definition) is 2. The first-order chi connectivity index (χ1) is 17.1. The number of β-amino-alcohol motifs (C(OH)–C–C–N with tert-alkyl or cyclic N) is 1. The number of aldehydes is 1. The van der Waals surface area contributed by atoms with Crippen molar-refractivity contribution in [2.75, 3.05) is 76.3 Å². The Hall–Kier alpha value is -2.70. The summed E-state index contributed by atoms with van der Waals surface area (Å²) in [7, 11) is 1.85. The van der Waals surface area contributed by atoms with Crippen molar-refractivity contribution in [3.63, 3.8) is 0 Å². The van der Waals surface area contributed by atoms with Gasteiger partial charge in [-0.1, -0.05) is 0 Å². The molecule has 2 aliphatic rings. The van der Waals surface area contributed by atoms with Crippen molar-refractivity contribution in [2.45, 2.75) is 12.6 Å². The number of ether oxygens (including phenoxy) is 1. The van der Waals surface area contributed by atoms with Gasteiger partial charge in [-0.15, -0.1) is 11.3 Å². The van der Waals surface area contributed by atoms with E-state index in [9.17, 15) is 9.90 Å². The number of morpholine rings is 1. The zero-order valence-electron chi connectivity index (χ0n) is 19.9. The van der Waals surface area contributed by atoms with E-state index in [2.05, 4.69) is 31.1 Å². The van der Waals surface area contributed by atoms with E-state index in [1.807, 2.05) is 25.4 Å². The molecule has 35 heavy (non-hydrogen) atoms. The average molecular weight is 498 g/mol. The van der Waals surface area contributed by atoms with Crippen molar-refractivity contribution >= 4 is 39.5 Å². The van der Waals surface area contributed by atoms with Crippen LogP contribution in [-0.4, -0.2) is 108 Å². The number of fused-ring (bicyclic) bond motifs is 1. The highest BCUT2D eigenvalue weighted by Gasteiger charge is 2.23. The second-order valence-electron chi connectivity index (χ2n) is 8.86. The molecular formula is C24H31N7O3S. The SMILES string of the molecule is CNc1ccc(-c2nc(N3CCOCC3)c3cc(CN4CCN(C[C@H](O)C=O)CC4)sc3n2)cn1. The van der Waals surface area contributed by atoms with E-state index >= 15 is 0 Å². The fourth-order valence-corrected chi connectivity index (χ4v) is 5.58. The molecule has 5 rings (SSSR count). The van der Waals surface area contributed by atoms with E-state index in [0.29, 0.717) is 31.9 Å². The second-order valence-corrected chi connectivity index (χ2v) is 9.98. The van der Waals surface area contributed by atoms with Gasteiger partial charge in [0.05, 0.1) is 18.6 Å². The molecule has 0 aromatic carbocycles. The third-order valence-electron chi connectivity index (χ3n) is 6.46. The summed E-state index contributed by atoms with van der Waals surface area (Å²) in [6, 6.07) is 6.17. The number of aromatic nitrogens is 3. The molecule has 0 spiro atoms. The molecule has 0 aliphatic carbocycles. The summed E-state index contributed by atoms with van der Waals surface area (Å²) in [6.45, 7) is 7.74. The highest BCUT2D eigenvalue weighted by molar-refractivity contribution is 7.18. The van der Waals surface area contributed by atoms with Gasteiger partial charge in [-0.05, 0) is 18.2 Å². The average Bonchev–Trinajstić information content (AvgIpc) is 3.32. The quantitative estimate of drug-likeness (QED) is 0.442. The largest absolute Gasteiger partial charge is 0.384 e. The summed E-state index contributed by atoms with van der Waals surface area (Å²) < 4.78 is 5.57. The smallest absolute Gasteiger partial charge is 0.164 e.